The Bertz CT molecular complexity index is 1370. The summed E-state index contributed by atoms with van der Waals surface area (Å²) in [5, 5.41) is 6.04. The molecule has 0 radical (unpaired) electrons. The van der Waals surface area contributed by atoms with Crippen LogP contribution in [0.5, 0.6) is 0 Å². The molecule has 1 N–H and O–H groups in total. The van der Waals surface area contributed by atoms with Crippen LogP contribution >= 0.6 is 23.2 Å². The van der Waals surface area contributed by atoms with Gasteiger partial charge in [-0.2, -0.15) is 23.4 Å². The summed E-state index contributed by atoms with van der Waals surface area (Å²) in [5.41, 5.74) is -2.34. The van der Waals surface area contributed by atoms with Crippen molar-refractivity contribution in [2.24, 2.45) is 0 Å². The molecule has 3 aromatic rings. The van der Waals surface area contributed by atoms with Crippen molar-refractivity contribution >= 4 is 34.8 Å². The lowest BCUT2D eigenvalue weighted by Crippen LogP contribution is -2.58. The summed E-state index contributed by atoms with van der Waals surface area (Å²) in [6.07, 6.45) is -1.55. The van der Waals surface area contributed by atoms with Crippen molar-refractivity contribution in [1.29, 1.82) is 0 Å². The van der Waals surface area contributed by atoms with Crippen LogP contribution in [0.15, 0.2) is 60.9 Å². The van der Waals surface area contributed by atoms with Crippen molar-refractivity contribution in [3.05, 3.63) is 99.1 Å². The maximum atomic E-state index is 15.4. The summed E-state index contributed by atoms with van der Waals surface area (Å²) in [6, 6.07) is 8.75. The van der Waals surface area contributed by atoms with Gasteiger partial charge in [0.25, 0.3) is 5.91 Å². The second-order valence-corrected chi connectivity index (χ2v) is 9.40. The van der Waals surface area contributed by atoms with Gasteiger partial charge in [-0.05, 0) is 35.4 Å². The standard InChI is InChI=1S/C24H15Cl2F5N4O2/c25-17-7-16(8-18(26)20(17)27)23(24(29,30)31)9-19(34-37-23)13-1-3-15(4-2-13)22(28)11-35(12-22)21(36)14-5-6-32-33-10-14/h1-10,34H,11-12H2. The topological polar surface area (TPSA) is 67.4 Å². The van der Waals surface area contributed by atoms with Crippen LogP contribution in [-0.4, -0.2) is 40.3 Å². The Morgan fingerprint density at radius 2 is 1.68 bits per heavy atom. The van der Waals surface area contributed by atoms with Crippen molar-refractivity contribution in [3.63, 3.8) is 0 Å². The number of carbonyl (C=O) groups excluding carboxylic acids is 1. The molecular weight excluding hydrogens is 542 g/mol. The number of halogens is 7. The average molecular weight is 557 g/mol. The number of benzene rings is 2. The van der Waals surface area contributed by atoms with Crippen molar-refractivity contribution in [1.82, 2.24) is 20.6 Å². The van der Waals surface area contributed by atoms with Crippen molar-refractivity contribution < 1.29 is 31.6 Å². The van der Waals surface area contributed by atoms with Crippen molar-refractivity contribution in [2.75, 3.05) is 13.1 Å². The Hall–Kier alpha value is -3.28. The highest BCUT2D eigenvalue weighted by atomic mass is 35.5. The number of hydrogen-bond donors (Lipinski definition) is 1. The molecule has 1 atom stereocenters. The first-order valence-corrected chi connectivity index (χ1v) is 11.4. The molecule has 6 nitrogen and oxygen atoms in total. The minimum Gasteiger partial charge on any atom is -0.331 e. The molecule has 2 aromatic carbocycles. The van der Waals surface area contributed by atoms with E-state index in [4.69, 9.17) is 28.0 Å². The third kappa shape index (κ3) is 4.30. The SMILES string of the molecule is O=C(c1ccnnc1)N1CC(F)(c2ccc(C3=CC(c4cc(Cl)c(F)c(Cl)c4)(C(F)(F)F)ON3)cc2)C1. The molecule has 1 amide bonds. The molecule has 1 fully saturated rings. The van der Waals surface area contributed by atoms with Gasteiger partial charge in [0.1, 0.15) is 0 Å². The van der Waals surface area contributed by atoms with Crippen LogP contribution in [0.2, 0.25) is 10.0 Å². The zero-order valence-electron chi connectivity index (χ0n) is 18.5. The molecule has 1 aromatic heterocycles. The van der Waals surface area contributed by atoms with E-state index in [-0.39, 0.29) is 41.4 Å². The summed E-state index contributed by atoms with van der Waals surface area (Å²) in [5.74, 6) is -1.44. The van der Waals surface area contributed by atoms with E-state index in [0.29, 0.717) is 0 Å². The Balaban J connectivity index is 1.38. The quantitative estimate of drug-likeness (QED) is 0.336. The number of rotatable bonds is 4. The lowest BCUT2D eigenvalue weighted by molar-refractivity contribution is -0.269. The number of nitrogens with zero attached hydrogens (tertiary/aromatic N) is 3. The molecule has 0 saturated carbocycles. The molecule has 192 valence electrons. The molecule has 1 saturated heterocycles. The fourth-order valence-corrected chi connectivity index (χ4v) is 4.68. The first-order valence-electron chi connectivity index (χ1n) is 10.7. The van der Waals surface area contributed by atoms with Gasteiger partial charge >= 0.3 is 6.18 Å². The van der Waals surface area contributed by atoms with Gasteiger partial charge in [-0.25, -0.2) is 8.78 Å². The fraction of sp³-hybridized carbons (Fsp3) is 0.208. The van der Waals surface area contributed by atoms with Gasteiger partial charge in [-0.3, -0.25) is 15.1 Å². The summed E-state index contributed by atoms with van der Waals surface area (Å²) >= 11 is 11.4. The largest absolute Gasteiger partial charge is 0.428 e. The minimum atomic E-state index is -4.97. The van der Waals surface area contributed by atoms with Gasteiger partial charge in [0.2, 0.25) is 5.60 Å². The zero-order valence-corrected chi connectivity index (χ0v) is 20.0. The number of alkyl halides is 4. The van der Waals surface area contributed by atoms with Crippen LogP contribution in [0.4, 0.5) is 22.0 Å². The van der Waals surface area contributed by atoms with E-state index >= 15 is 4.39 Å². The van der Waals surface area contributed by atoms with Gasteiger partial charge in [0.15, 0.2) is 11.5 Å². The van der Waals surface area contributed by atoms with Gasteiger partial charge in [0.05, 0.1) is 46.8 Å². The van der Waals surface area contributed by atoms with E-state index < -0.39 is 38.9 Å². The van der Waals surface area contributed by atoms with E-state index in [2.05, 4.69) is 15.7 Å². The maximum Gasteiger partial charge on any atom is 0.428 e. The molecule has 5 rings (SSSR count). The summed E-state index contributed by atoms with van der Waals surface area (Å²) < 4.78 is 71.7. The zero-order chi connectivity index (χ0) is 26.6. The fourth-order valence-electron chi connectivity index (χ4n) is 4.19. The van der Waals surface area contributed by atoms with Gasteiger partial charge in [-0.1, -0.05) is 47.5 Å². The number of aromatic nitrogens is 2. The van der Waals surface area contributed by atoms with E-state index in [9.17, 15) is 22.4 Å². The summed E-state index contributed by atoms with van der Waals surface area (Å²) in [4.78, 5) is 18.7. The minimum absolute atomic E-state index is 0.0519. The Morgan fingerprint density at radius 3 is 2.24 bits per heavy atom. The normalized spacial score (nSPS) is 20.7. The van der Waals surface area contributed by atoms with Gasteiger partial charge in [0, 0.05) is 5.56 Å². The Labute approximate surface area is 216 Å². The van der Waals surface area contributed by atoms with Crippen molar-refractivity contribution in [2.45, 2.75) is 17.4 Å². The second kappa shape index (κ2) is 8.93. The van der Waals surface area contributed by atoms with Gasteiger partial charge in [-0.15, -0.1) is 0 Å². The number of amides is 1. The van der Waals surface area contributed by atoms with Crippen LogP contribution < -0.4 is 5.48 Å². The number of nitrogens with one attached hydrogen (secondary N) is 1. The summed E-state index contributed by atoms with van der Waals surface area (Å²) in [6.45, 7) is -0.387. The molecule has 37 heavy (non-hydrogen) atoms. The Morgan fingerprint density at radius 1 is 1.03 bits per heavy atom. The highest BCUT2D eigenvalue weighted by Crippen LogP contribution is 2.49. The number of carbonyl (C=O) groups is 1. The smallest absolute Gasteiger partial charge is 0.331 e. The number of likely N-dealkylation sites (tertiary alicyclic amines) is 1. The number of hydrogen-bond acceptors (Lipinski definition) is 5. The van der Waals surface area contributed by atoms with Crippen LogP contribution in [0.25, 0.3) is 5.70 Å². The molecule has 3 heterocycles. The van der Waals surface area contributed by atoms with Crippen LogP contribution in [0, 0.1) is 5.82 Å². The van der Waals surface area contributed by atoms with Crippen molar-refractivity contribution in [3.8, 4) is 0 Å². The lowest BCUT2D eigenvalue weighted by Gasteiger charge is -2.44. The maximum absolute atomic E-state index is 15.4. The molecule has 0 bridgehead atoms. The molecule has 13 heteroatoms. The second-order valence-electron chi connectivity index (χ2n) is 8.58. The highest BCUT2D eigenvalue weighted by Gasteiger charge is 2.60. The van der Waals surface area contributed by atoms with Crippen LogP contribution in [0.3, 0.4) is 0 Å². The molecule has 0 aliphatic carbocycles. The van der Waals surface area contributed by atoms with Crippen LogP contribution in [0.1, 0.15) is 27.0 Å². The predicted octanol–water partition coefficient (Wildman–Crippen LogP) is 5.58. The Kier molecular flexibility index (Phi) is 6.12. The molecule has 2 aliphatic heterocycles. The van der Waals surface area contributed by atoms with E-state index in [1.807, 2.05) is 0 Å². The van der Waals surface area contributed by atoms with E-state index in [0.717, 1.165) is 18.2 Å². The predicted molar refractivity (Wildman–Crippen MR) is 124 cm³/mol. The average Bonchev–Trinajstić information content (AvgIpc) is 3.32. The highest BCUT2D eigenvalue weighted by molar-refractivity contribution is 6.35. The lowest BCUT2D eigenvalue weighted by atomic mass is 9.86. The summed E-state index contributed by atoms with van der Waals surface area (Å²) in [7, 11) is 0. The monoisotopic (exact) mass is 556 g/mol. The van der Waals surface area contributed by atoms with E-state index in [1.54, 1.807) is 0 Å². The molecular formula is C24H15Cl2F5N4O2. The van der Waals surface area contributed by atoms with Crippen LogP contribution in [-0.2, 0) is 16.1 Å². The third-order valence-corrected chi connectivity index (χ3v) is 6.77. The number of hydroxylamine groups is 1. The first-order chi connectivity index (χ1) is 17.4. The first kappa shape index (κ1) is 25.4. The molecule has 1 unspecified atom stereocenters. The molecule has 0 spiro atoms. The third-order valence-electron chi connectivity index (χ3n) is 6.22. The van der Waals surface area contributed by atoms with Gasteiger partial charge < -0.3 is 4.90 Å². The molecule has 2 aliphatic rings. The van der Waals surface area contributed by atoms with E-state index in [1.165, 1.54) is 47.6 Å².